The number of hydrogen-bond donors (Lipinski definition) is 2. The van der Waals surface area contributed by atoms with E-state index in [1.165, 1.54) is 6.07 Å². The smallest absolute Gasteiger partial charge is 0.336 e. The fourth-order valence-electron chi connectivity index (χ4n) is 1.01. The Kier molecular flexibility index (Phi) is 2.59. The first-order valence-corrected chi connectivity index (χ1v) is 3.98. The molecule has 1 aromatic carbocycles. The molecule has 0 spiro atoms. The van der Waals surface area contributed by atoms with Crippen LogP contribution in [0.25, 0.3) is 0 Å². The van der Waals surface area contributed by atoms with E-state index in [0.717, 1.165) is 5.56 Å². The second kappa shape index (κ2) is 3.50. The number of benzene rings is 1. The molecule has 1 N–H and O–H groups in total. The lowest BCUT2D eigenvalue weighted by atomic mass is 10.1. The van der Waals surface area contributed by atoms with Gasteiger partial charge in [-0.15, -0.1) is 12.6 Å². The van der Waals surface area contributed by atoms with Crippen molar-refractivity contribution < 1.29 is 9.90 Å². The fourth-order valence-corrected chi connectivity index (χ4v) is 1.40. The Bertz CT molecular complexity index is 407. The maximum atomic E-state index is 10.6. The minimum absolute atomic E-state index is 0.0606. The molecule has 0 saturated carbocycles. The minimum atomic E-state index is -1.07. The molecule has 0 radical (unpaired) electrons. The number of thiol groups is 1. The van der Waals surface area contributed by atoms with Crippen LogP contribution in [0.3, 0.4) is 0 Å². The summed E-state index contributed by atoms with van der Waals surface area (Å²) in [7, 11) is 0. The van der Waals surface area contributed by atoms with Crippen LogP contribution in [0.1, 0.15) is 21.5 Å². The van der Waals surface area contributed by atoms with Crippen molar-refractivity contribution in [1.29, 1.82) is 5.26 Å². The summed E-state index contributed by atoms with van der Waals surface area (Å²) in [6, 6.07) is 4.96. The van der Waals surface area contributed by atoms with E-state index >= 15 is 0 Å². The number of aryl methyl sites for hydroxylation is 1. The van der Waals surface area contributed by atoms with Gasteiger partial charge in [-0.2, -0.15) is 5.26 Å². The van der Waals surface area contributed by atoms with Crippen molar-refractivity contribution in [2.45, 2.75) is 11.8 Å². The molecule has 66 valence electrons. The molecule has 0 aromatic heterocycles. The Labute approximate surface area is 81.0 Å². The number of carboxylic acid groups (broad SMARTS) is 1. The average Bonchev–Trinajstić information content (AvgIpc) is 2.04. The number of carboxylic acids is 1. The molecule has 0 aliphatic rings. The molecular formula is C9H7NO2S. The zero-order valence-corrected chi connectivity index (χ0v) is 7.80. The van der Waals surface area contributed by atoms with Gasteiger partial charge in [0.1, 0.15) is 6.07 Å². The quantitative estimate of drug-likeness (QED) is 0.669. The number of rotatable bonds is 1. The van der Waals surface area contributed by atoms with E-state index in [9.17, 15) is 4.79 Å². The van der Waals surface area contributed by atoms with Crippen LogP contribution in [-0.4, -0.2) is 11.1 Å². The Hall–Kier alpha value is -1.47. The lowest BCUT2D eigenvalue weighted by molar-refractivity contribution is 0.0693. The van der Waals surface area contributed by atoms with Gasteiger partial charge in [-0.05, 0) is 18.6 Å². The summed E-state index contributed by atoms with van der Waals surface area (Å²) in [5.41, 5.74) is 1.12. The molecule has 0 aliphatic heterocycles. The zero-order valence-electron chi connectivity index (χ0n) is 6.90. The van der Waals surface area contributed by atoms with Crippen LogP contribution in [0.4, 0.5) is 0 Å². The fraction of sp³-hybridized carbons (Fsp3) is 0.111. The summed E-state index contributed by atoms with van der Waals surface area (Å²) in [6.45, 7) is 1.74. The molecule has 4 heteroatoms. The first-order valence-electron chi connectivity index (χ1n) is 3.54. The molecule has 0 fully saturated rings. The molecular weight excluding hydrogens is 186 g/mol. The van der Waals surface area contributed by atoms with Gasteiger partial charge in [-0.25, -0.2) is 4.79 Å². The Balaban J connectivity index is 3.47. The maximum absolute atomic E-state index is 10.6. The van der Waals surface area contributed by atoms with Crippen LogP contribution in [0, 0.1) is 18.3 Å². The second-order valence-electron chi connectivity index (χ2n) is 2.57. The molecule has 0 amide bonds. The van der Waals surface area contributed by atoms with Gasteiger partial charge >= 0.3 is 5.97 Å². The number of nitrogens with zero attached hydrogens (tertiary/aromatic N) is 1. The third-order valence-electron chi connectivity index (χ3n) is 1.73. The predicted molar refractivity (Wildman–Crippen MR) is 50.1 cm³/mol. The van der Waals surface area contributed by atoms with Crippen molar-refractivity contribution in [2.24, 2.45) is 0 Å². The van der Waals surface area contributed by atoms with Crippen LogP contribution >= 0.6 is 12.6 Å². The van der Waals surface area contributed by atoms with E-state index in [0.29, 0.717) is 5.56 Å². The van der Waals surface area contributed by atoms with Crippen molar-refractivity contribution in [3.63, 3.8) is 0 Å². The van der Waals surface area contributed by atoms with Gasteiger partial charge in [0, 0.05) is 4.90 Å². The van der Waals surface area contributed by atoms with E-state index in [4.69, 9.17) is 10.4 Å². The lowest BCUT2D eigenvalue weighted by Gasteiger charge is -2.03. The van der Waals surface area contributed by atoms with Crippen molar-refractivity contribution in [2.75, 3.05) is 0 Å². The lowest BCUT2D eigenvalue weighted by Crippen LogP contribution is -2.00. The first kappa shape index (κ1) is 9.62. The molecule has 0 heterocycles. The summed E-state index contributed by atoms with van der Waals surface area (Å²) in [5.74, 6) is -1.07. The molecule has 0 aliphatic carbocycles. The highest BCUT2D eigenvalue weighted by molar-refractivity contribution is 7.80. The zero-order chi connectivity index (χ0) is 10.0. The monoisotopic (exact) mass is 193 g/mol. The summed E-state index contributed by atoms with van der Waals surface area (Å²) in [6.07, 6.45) is 0. The molecule has 1 rings (SSSR count). The second-order valence-corrected chi connectivity index (χ2v) is 3.02. The Morgan fingerprint density at radius 1 is 1.62 bits per heavy atom. The van der Waals surface area contributed by atoms with E-state index in [2.05, 4.69) is 12.6 Å². The molecule has 0 unspecified atom stereocenters. The van der Waals surface area contributed by atoms with Crippen molar-refractivity contribution in [3.8, 4) is 6.07 Å². The van der Waals surface area contributed by atoms with Crippen molar-refractivity contribution in [3.05, 3.63) is 28.8 Å². The molecule has 0 bridgehead atoms. The highest BCUT2D eigenvalue weighted by atomic mass is 32.1. The SMILES string of the molecule is Cc1ccc(C(=O)O)c(S)c1C#N. The van der Waals surface area contributed by atoms with Gasteiger partial charge in [0.2, 0.25) is 0 Å². The molecule has 0 atom stereocenters. The normalized spacial score (nSPS) is 9.31. The molecule has 1 aromatic rings. The van der Waals surface area contributed by atoms with E-state index in [1.807, 2.05) is 6.07 Å². The number of carbonyl (C=O) groups is 1. The highest BCUT2D eigenvalue weighted by Crippen LogP contribution is 2.21. The molecule has 0 saturated heterocycles. The standard InChI is InChI=1S/C9H7NO2S/c1-5-2-3-6(9(11)12)8(13)7(5)4-10/h2-3,13H,1H3,(H,11,12). The van der Waals surface area contributed by atoms with Crippen LogP contribution in [0.2, 0.25) is 0 Å². The summed E-state index contributed by atoms with van der Waals surface area (Å²) in [5, 5.41) is 17.4. The van der Waals surface area contributed by atoms with E-state index < -0.39 is 5.97 Å². The van der Waals surface area contributed by atoms with Crippen LogP contribution in [0.5, 0.6) is 0 Å². The number of nitriles is 1. The van der Waals surface area contributed by atoms with Crippen molar-refractivity contribution in [1.82, 2.24) is 0 Å². The van der Waals surface area contributed by atoms with E-state index in [1.54, 1.807) is 13.0 Å². The van der Waals surface area contributed by atoms with Gasteiger partial charge in [-0.3, -0.25) is 0 Å². The molecule has 13 heavy (non-hydrogen) atoms. The molecule has 3 nitrogen and oxygen atoms in total. The van der Waals surface area contributed by atoms with Crippen molar-refractivity contribution >= 4 is 18.6 Å². The Morgan fingerprint density at radius 2 is 2.23 bits per heavy atom. The van der Waals surface area contributed by atoms with E-state index in [-0.39, 0.29) is 10.5 Å². The summed E-state index contributed by atoms with van der Waals surface area (Å²) in [4.78, 5) is 10.9. The largest absolute Gasteiger partial charge is 0.478 e. The van der Waals surface area contributed by atoms with Gasteiger partial charge < -0.3 is 5.11 Å². The minimum Gasteiger partial charge on any atom is -0.478 e. The number of aromatic carboxylic acids is 1. The average molecular weight is 193 g/mol. The van der Waals surface area contributed by atoms with Gasteiger partial charge in [0.15, 0.2) is 0 Å². The Morgan fingerprint density at radius 3 is 2.69 bits per heavy atom. The summed E-state index contributed by atoms with van der Waals surface area (Å²) < 4.78 is 0. The van der Waals surface area contributed by atoms with Crippen LogP contribution < -0.4 is 0 Å². The topological polar surface area (TPSA) is 61.1 Å². The summed E-state index contributed by atoms with van der Waals surface area (Å²) >= 11 is 4.00. The maximum Gasteiger partial charge on any atom is 0.336 e. The van der Waals surface area contributed by atoms with Gasteiger partial charge in [0.25, 0.3) is 0 Å². The predicted octanol–water partition coefficient (Wildman–Crippen LogP) is 1.85. The first-order chi connectivity index (χ1) is 6.07. The van der Waals surface area contributed by atoms with Crippen LogP contribution in [-0.2, 0) is 0 Å². The van der Waals surface area contributed by atoms with Gasteiger partial charge in [0.05, 0.1) is 11.1 Å². The van der Waals surface area contributed by atoms with Crippen LogP contribution in [0.15, 0.2) is 17.0 Å². The number of hydrogen-bond acceptors (Lipinski definition) is 3. The third-order valence-corrected chi connectivity index (χ3v) is 2.19. The van der Waals surface area contributed by atoms with Gasteiger partial charge in [-0.1, -0.05) is 6.07 Å². The highest BCUT2D eigenvalue weighted by Gasteiger charge is 2.12. The third kappa shape index (κ3) is 1.65.